The molecule has 0 N–H and O–H groups in total. The van der Waals surface area contributed by atoms with E-state index in [9.17, 15) is 0 Å². The van der Waals surface area contributed by atoms with Gasteiger partial charge >= 0.3 is 94.3 Å². The molecule has 5 heteroatoms. The van der Waals surface area contributed by atoms with E-state index in [1.807, 2.05) is 0 Å². The van der Waals surface area contributed by atoms with Crippen LogP contribution >= 0.6 is 16.4 Å². The monoisotopic (exact) mass is 354 g/mol. The molecular formula is C10H12Cl2P2Zr. The van der Waals surface area contributed by atoms with Crippen molar-refractivity contribution < 1.29 is 48.0 Å². The number of aryl methyl sites for hydroxylation is 2. The van der Waals surface area contributed by atoms with Crippen LogP contribution < -0.4 is 31.4 Å². The molecular weight excluding hydrogens is 344 g/mol. The van der Waals surface area contributed by atoms with Crippen LogP contribution in [0.4, 0.5) is 0 Å². The van der Waals surface area contributed by atoms with Crippen molar-refractivity contribution in [2.75, 3.05) is 0 Å². The zero-order valence-corrected chi connectivity index (χ0v) is 14.5. The van der Waals surface area contributed by atoms with Gasteiger partial charge in [0.25, 0.3) is 0 Å². The Kier molecular flexibility index (Phi) is 7.87. The Morgan fingerprint density at radius 2 is 1.27 bits per heavy atom. The molecule has 80 valence electrons. The third-order valence-corrected chi connectivity index (χ3v) is 9.46. The van der Waals surface area contributed by atoms with Crippen molar-refractivity contribution in [3.8, 4) is 0 Å². The fourth-order valence-electron chi connectivity index (χ4n) is 1.32. The quantitative estimate of drug-likeness (QED) is 0.522. The number of hydrogen-bond acceptors (Lipinski definition) is 0. The Labute approximate surface area is 118 Å². The van der Waals surface area contributed by atoms with E-state index in [1.54, 1.807) is 17.1 Å². The van der Waals surface area contributed by atoms with Crippen LogP contribution in [-0.2, 0) is 23.2 Å². The molecule has 2 unspecified atom stereocenters. The summed E-state index contributed by atoms with van der Waals surface area (Å²) in [6, 6.07) is 4.74. The molecule has 2 aromatic rings. The number of halogens is 2. The Hall–Kier alpha value is 1.02. The van der Waals surface area contributed by atoms with Crippen molar-refractivity contribution >= 4 is 22.9 Å². The molecule has 15 heavy (non-hydrogen) atoms. The van der Waals surface area contributed by atoms with Crippen molar-refractivity contribution in [1.82, 2.24) is 0 Å². The Balaban J connectivity index is 0.000000980. The van der Waals surface area contributed by atoms with E-state index in [0.29, 0.717) is 0 Å². The van der Waals surface area contributed by atoms with E-state index < -0.39 is 23.2 Å². The molecule has 0 spiro atoms. The fraction of sp³-hybridized carbons (Fsp3) is 0.200. The smallest absolute Gasteiger partial charge is 1.00 e. The molecule has 2 aromatic heterocycles. The largest absolute Gasteiger partial charge is 1.00 e. The summed E-state index contributed by atoms with van der Waals surface area (Å²) in [5.41, 5.74) is 0. The summed E-state index contributed by atoms with van der Waals surface area (Å²) in [4.78, 5) is 0. The van der Waals surface area contributed by atoms with Gasteiger partial charge < -0.3 is 24.8 Å². The molecule has 2 atom stereocenters. The van der Waals surface area contributed by atoms with Crippen LogP contribution in [0.3, 0.4) is 0 Å². The SMILES string of the molecule is Cc1[pH]cc[c]1[Zr+2][c]1cc[pH]c1C.[Cl-].[Cl-]. The van der Waals surface area contributed by atoms with Crippen LogP contribution in [-0.4, -0.2) is 0 Å². The molecule has 0 fully saturated rings. The van der Waals surface area contributed by atoms with E-state index >= 15 is 0 Å². The first-order valence-electron chi connectivity index (χ1n) is 4.32. The van der Waals surface area contributed by atoms with Gasteiger partial charge in [-0.05, 0) is 0 Å². The van der Waals surface area contributed by atoms with Crippen molar-refractivity contribution in [3.05, 3.63) is 34.3 Å². The molecule has 0 radical (unpaired) electrons. The Morgan fingerprint density at radius 3 is 1.53 bits per heavy atom. The van der Waals surface area contributed by atoms with Gasteiger partial charge in [0, 0.05) is 0 Å². The third kappa shape index (κ3) is 4.07. The predicted octanol–water partition coefficient (Wildman–Crippen LogP) is -3.59. The predicted molar refractivity (Wildman–Crippen MR) is 60.6 cm³/mol. The summed E-state index contributed by atoms with van der Waals surface area (Å²) in [6.07, 6.45) is 0. The van der Waals surface area contributed by atoms with Gasteiger partial charge in [-0.15, -0.1) is 0 Å². The van der Waals surface area contributed by atoms with E-state index in [-0.39, 0.29) is 24.8 Å². The third-order valence-electron chi connectivity index (χ3n) is 2.18. The standard InChI is InChI=1S/2C5H6P.2ClH.Zr/c2*1-5-3-2-4-6-5;;;/h2*2,4,6H,1H3;2*1H;/q;;;;+2/p-2. The van der Waals surface area contributed by atoms with Crippen molar-refractivity contribution in [3.63, 3.8) is 0 Å². The van der Waals surface area contributed by atoms with Crippen molar-refractivity contribution in [2.45, 2.75) is 13.8 Å². The number of hydrogen-bond donors (Lipinski definition) is 0. The second-order valence-corrected chi connectivity index (χ2v) is 9.16. The van der Waals surface area contributed by atoms with E-state index in [0.717, 1.165) is 16.4 Å². The zero-order valence-electron chi connectivity index (χ0n) is 8.57. The first-order valence-corrected chi connectivity index (χ1v) is 8.93. The van der Waals surface area contributed by atoms with E-state index in [4.69, 9.17) is 0 Å². The molecule has 2 heterocycles. The van der Waals surface area contributed by atoms with Crippen molar-refractivity contribution in [2.24, 2.45) is 0 Å². The topological polar surface area (TPSA) is 0 Å². The maximum absolute atomic E-state index is 2.37. The maximum atomic E-state index is 2.37. The molecule has 0 aliphatic carbocycles. The fourth-order valence-corrected chi connectivity index (χ4v) is 7.88. The van der Waals surface area contributed by atoms with Gasteiger partial charge in [0.2, 0.25) is 0 Å². The van der Waals surface area contributed by atoms with Gasteiger partial charge in [0.1, 0.15) is 0 Å². The van der Waals surface area contributed by atoms with Crippen LogP contribution in [0.1, 0.15) is 10.6 Å². The normalized spacial score (nSPS) is 9.73. The zero-order chi connectivity index (χ0) is 9.26. The van der Waals surface area contributed by atoms with Gasteiger partial charge in [0.15, 0.2) is 0 Å². The summed E-state index contributed by atoms with van der Waals surface area (Å²) in [6.45, 7) is 4.59. The average molecular weight is 356 g/mol. The molecule has 0 saturated heterocycles. The van der Waals surface area contributed by atoms with Crippen molar-refractivity contribution in [1.29, 1.82) is 0 Å². The minimum Gasteiger partial charge on any atom is -1.00 e. The van der Waals surface area contributed by atoms with Crippen LogP contribution in [0.15, 0.2) is 23.7 Å². The molecule has 0 nitrogen and oxygen atoms in total. The van der Waals surface area contributed by atoms with E-state index in [2.05, 4.69) is 37.6 Å². The average Bonchev–Trinajstić information content (AvgIpc) is 2.65. The van der Waals surface area contributed by atoms with Gasteiger partial charge in [-0.25, -0.2) is 0 Å². The molecule has 0 aliphatic rings. The second kappa shape index (κ2) is 7.37. The summed E-state index contributed by atoms with van der Waals surface area (Å²) < 4.78 is 3.43. The second-order valence-electron chi connectivity index (χ2n) is 3.16. The van der Waals surface area contributed by atoms with Crippen LogP contribution in [0.5, 0.6) is 0 Å². The van der Waals surface area contributed by atoms with Crippen LogP contribution in [0.2, 0.25) is 0 Å². The van der Waals surface area contributed by atoms with Crippen LogP contribution in [0.25, 0.3) is 0 Å². The number of rotatable bonds is 2. The van der Waals surface area contributed by atoms with Gasteiger partial charge in [-0.3, -0.25) is 0 Å². The summed E-state index contributed by atoms with van der Waals surface area (Å²) in [7, 11) is 1.95. The first-order chi connectivity index (χ1) is 6.27. The first kappa shape index (κ1) is 16.0. The molecule has 0 aliphatic heterocycles. The summed E-state index contributed by atoms with van der Waals surface area (Å²) in [5, 5.41) is 3.30. The van der Waals surface area contributed by atoms with Crippen LogP contribution in [0, 0.1) is 13.8 Å². The van der Waals surface area contributed by atoms with Gasteiger partial charge in [0.05, 0.1) is 0 Å². The van der Waals surface area contributed by atoms with E-state index in [1.165, 1.54) is 0 Å². The maximum Gasteiger partial charge on any atom is -1.00 e. The Bertz CT molecular complexity index is 371. The molecule has 0 amide bonds. The summed E-state index contributed by atoms with van der Waals surface area (Å²) in [5.74, 6) is 4.67. The summed E-state index contributed by atoms with van der Waals surface area (Å²) >= 11 is -0.420. The molecule has 0 saturated carbocycles. The molecule has 0 bridgehead atoms. The molecule has 2 rings (SSSR count). The van der Waals surface area contributed by atoms with Gasteiger partial charge in [-0.1, -0.05) is 0 Å². The molecule has 0 aromatic carbocycles. The Morgan fingerprint density at radius 1 is 0.867 bits per heavy atom. The minimum atomic E-state index is -0.420. The van der Waals surface area contributed by atoms with Gasteiger partial charge in [-0.2, -0.15) is 0 Å². The minimum absolute atomic E-state index is 0.